The van der Waals surface area contributed by atoms with Gasteiger partial charge in [0.2, 0.25) is 0 Å². The molecule has 0 aliphatic carbocycles. The number of hydrogen-bond acceptors (Lipinski definition) is 1. The SMILES string of the molecule is CN=C(NCCc1ccccc1F)NCCc1ccc(F)cc1F.I. The van der Waals surface area contributed by atoms with Gasteiger partial charge in [0.1, 0.15) is 17.5 Å². The highest BCUT2D eigenvalue weighted by atomic mass is 127. The molecule has 0 unspecified atom stereocenters. The van der Waals surface area contributed by atoms with E-state index in [9.17, 15) is 13.2 Å². The molecule has 2 rings (SSSR count). The van der Waals surface area contributed by atoms with Gasteiger partial charge in [-0.1, -0.05) is 24.3 Å². The maximum Gasteiger partial charge on any atom is 0.190 e. The number of benzene rings is 2. The third-order valence-electron chi connectivity index (χ3n) is 3.57. The first kappa shape index (κ1) is 21.3. The van der Waals surface area contributed by atoms with E-state index >= 15 is 0 Å². The standard InChI is InChI=1S/C18H20F3N3.HI/c1-22-18(23-10-8-13-4-2-3-5-16(13)20)24-11-9-14-6-7-15(19)12-17(14)21;/h2-7,12H,8-11H2,1H3,(H2,22,23,24);1H. The molecular weight excluding hydrogens is 442 g/mol. The first-order chi connectivity index (χ1) is 11.6. The van der Waals surface area contributed by atoms with E-state index in [1.165, 1.54) is 18.2 Å². The summed E-state index contributed by atoms with van der Waals surface area (Å²) in [7, 11) is 1.62. The molecule has 0 bridgehead atoms. The minimum absolute atomic E-state index is 0. The Morgan fingerprint density at radius 3 is 2.04 bits per heavy atom. The lowest BCUT2D eigenvalue weighted by atomic mass is 10.1. The van der Waals surface area contributed by atoms with Gasteiger partial charge in [0.25, 0.3) is 0 Å². The van der Waals surface area contributed by atoms with Crippen molar-refractivity contribution in [3.05, 3.63) is 71.0 Å². The molecule has 0 amide bonds. The van der Waals surface area contributed by atoms with E-state index in [2.05, 4.69) is 15.6 Å². The molecule has 25 heavy (non-hydrogen) atoms. The highest BCUT2D eigenvalue weighted by molar-refractivity contribution is 14.0. The summed E-state index contributed by atoms with van der Waals surface area (Å²) in [6, 6.07) is 10.2. The Kier molecular flexibility index (Phi) is 9.33. The molecule has 0 aromatic heterocycles. The Morgan fingerprint density at radius 2 is 1.48 bits per heavy atom. The number of rotatable bonds is 6. The van der Waals surface area contributed by atoms with Crippen LogP contribution in [0.15, 0.2) is 47.5 Å². The smallest absolute Gasteiger partial charge is 0.190 e. The Balaban J connectivity index is 0.00000312. The van der Waals surface area contributed by atoms with Gasteiger partial charge < -0.3 is 10.6 Å². The van der Waals surface area contributed by atoms with Gasteiger partial charge in [0.15, 0.2) is 5.96 Å². The van der Waals surface area contributed by atoms with Gasteiger partial charge in [0.05, 0.1) is 0 Å². The summed E-state index contributed by atoms with van der Waals surface area (Å²) >= 11 is 0. The minimum Gasteiger partial charge on any atom is -0.356 e. The Morgan fingerprint density at radius 1 is 0.880 bits per heavy atom. The van der Waals surface area contributed by atoms with Crippen LogP contribution in [0.2, 0.25) is 0 Å². The molecule has 2 N–H and O–H groups in total. The van der Waals surface area contributed by atoms with E-state index in [1.807, 2.05) is 0 Å². The van der Waals surface area contributed by atoms with Gasteiger partial charge in [-0.2, -0.15) is 0 Å². The van der Waals surface area contributed by atoms with Gasteiger partial charge in [-0.25, -0.2) is 13.2 Å². The van der Waals surface area contributed by atoms with Crippen LogP contribution in [-0.2, 0) is 12.8 Å². The van der Waals surface area contributed by atoms with Crippen molar-refractivity contribution in [2.75, 3.05) is 20.1 Å². The second-order valence-corrected chi connectivity index (χ2v) is 5.25. The topological polar surface area (TPSA) is 36.4 Å². The van der Waals surface area contributed by atoms with E-state index in [0.717, 1.165) is 6.07 Å². The average Bonchev–Trinajstić information content (AvgIpc) is 2.57. The normalized spacial score (nSPS) is 11.0. The lowest BCUT2D eigenvalue weighted by molar-refractivity contribution is 0.570. The van der Waals surface area contributed by atoms with E-state index in [1.54, 1.807) is 25.2 Å². The van der Waals surface area contributed by atoms with Gasteiger partial charge in [-0.3, -0.25) is 4.99 Å². The van der Waals surface area contributed by atoms with Crippen molar-refractivity contribution >= 4 is 29.9 Å². The maximum atomic E-state index is 13.5. The first-order valence-electron chi connectivity index (χ1n) is 7.72. The third-order valence-corrected chi connectivity index (χ3v) is 3.57. The summed E-state index contributed by atoms with van der Waals surface area (Å²) in [5.41, 5.74) is 1.07. The second kappa shape index (κ2) is 11.0. The van der Waals surface area contributed by atoms with Gasteiger partial charge in [-0.05, 0) is 36.1 Å². The fourth-order valence-electron chi connectivity index (χ4n) is 2.28. The number of nitrogens with zero attached hydrogens (tertiary/aromatic N) is 1. The molecule has 0 heterocycles. The summed E-state index contributed by atoms with van der Waals surface area (Å²) < 4.78 is 39.9. The number of hydrogen-bond donors (Lipinski definition) is 2. The summed E-state index contributed by atoms with van der Waals surface area (Å²) in [5, 5.41) is 6.12. The third kappa shape index (κ3) is 6.93. The van der Waals surface area contributed by atoms with Crippen molar-refractivity contribution in [1.82, 2.24) is 10.6 Å². The summed E-state index contributed by atoms with van der Waals surface area (Å²) in [4.78, 5) is 4.06. The molecule has 0 saturated heterocycles. The van der Waals surface area contributed by atoms with Crippen LogP contribution in [0.4, 0.5) is 13.2 Å². The van der Waals surface area contributed by atoms with Crippen LogP contribution < -0.4 is 10.6 Å². The van der Waals surface area contributed by atoms with Crippen molar-refractivity contribution in [3.8, 4) is 0 Å². The maximum absolute atomic E-state index is 13.5. The van der Waals surface area contributed by atoms with E-state index in [-0.39, 0.29) is 29.8 Å². The predicted molar refractivity (Wildman–Crippen MR) is 105 cm³/mol. The summed E-state index contributed by atoms with van der Waals surface area (Å²) in [5.74, 6) is -0.822. The van der Waals surface area contributed by atoms with E-state index in [4.69, 9.17) is 0 Å². The zero-order chi connectivity index (χ0) is 17.4. The van der Waals surface area contributed by atoms with Crippen LogP contribution >= 0.6 is 24.0 Å². The zero-order valence-electron chi connectivity index (χ0n) is 13.9. The van der Waals surface area contributed by atoms with Crippen LogP contribution in [0, 0.1) is 17.5 Å². The van der Waals surface area contributed by atoms with Gasteiger partial charge in [0, 0.05) is 26.2 Å². The molecule has 3 nitrogen and oxygen atoms in total. The molecule has 0 saturated carbocycles. The molecule has 2 aromatic rings. The molecule has 0 aliphatic heterocycles. The Hall–Kier alpha value is -1.77. The van der Waals surface area contributed by atoms with Crippen LogP contribution in [0.5, 0.6) is 0 Å². The molecule has 0 spiro atoms. The average molecular weight is 463 g/mol. The van der Waals surface area contributed by atoms with Gasteiger partial charge >= 0.3 is 0 Å². The first-order valence-corrected chi connectivity index (χ1v) is 7.72. The number of guanidine groups is 1. The monoisotopic (exact) mass is 463 g/mol. The zero-order valence-corrected chi connectivity index (χ0v) is 16.2. The largest absolute Gasteiger partial charge is 0.356 e. The molecule has 0 atom stereocenters. The molecule has 136 valence electrons. The lowest BCUT2D eigenvalue weighted by Gasteiger charge is -2.12. The number of halogens is 4. The summed E-state index contributed by atoms with van der Waals surface area (Å²) in [6.07, 6.45) is 0.931. The van der Waals surface area contributed by atoms with Crippen molar-refractivity contribution in [3.63, 3.8) is 0 Å². The molecular formula is C18H21F3IN3. The van der Waals surface area contributed by atoms with Crippen LogP contribution in [0.3, 0.4) is 0 Å². The Labute approximate surface area is 162 Å². The molecule has 0 fully saturated rings. The van der Waals surface area contributed by atoms with Gasteiger partial charge in [-0.15, -0.1) is 24.0 Å². The summed E-state index contributed by atoms with van der Waals surface area (Å²) in [6.45, 7) is 0.966. The highest BCUT2D eigenvalue weighted by Crippen LogP contribution is 2.09. The van der Waals surface area contributed by atoms with E-state index < -0.39 is 11.6 Å². The lowest BCUT2D eigenvalue weighted by Crippen LogP contribution is -2.39. The molecule has 0 aliphatic rings. The van der Waals surface area contributed by atoms with Crippen LogP contribution in [0.25, 0.3) is 0 Å². The van der Waals surface area contributed by atoms with E-state index in [0.29, 0.717) is 43.0 Å². The minimum atomic E-state index is -0.588. The quantitative estimate of drug-likeness (QED) is 0.390. The number of aliphatic imine (C=N–C) groups is 1. The second-order valence-electron chi connectivity index (χ2n) is 5.25. The fourth-order valence-corrected chi connectivity index (χ4v) is 2.28. The number of nitrogens with one attached hydrogen (secondary N) is 2. The van der Waals surface area contributed by atoms with Crippen molar-refractivity contribution < 1.29 is 13.2 Å². The fraction of sp³-hybridized carbons (Fsp3) is 0.278. The van der Waals surface area contributed by atoms with Crippen molar-refractivity contribution in [1.29, 1.82) is 0 Å². The molecule has 2 aromatic carbocycles. The highest BCUT2D eigenvalue weighted by Gasteiger charge is 2.05. The van der Waals surface area contributed by atoms with Crippen LogP contribution in [-0.4, -0.2) is 26.1 Å². The van der Waals surface area contributed by atoms with Crippen LogP contribution in [0.1, 0.15) is 11.1 Å². The van der Waals surface area contributed by atoms with Crippen molar-refractivity contribution in [2.24, 2.45) is 4.99 Å². The Bertz CT molecular complexity index is 708. The van der Waals surface area contributed by atoms with Crippen molar-refractivity contribution in [2.45, 2.75) is 12.8 Å². The molecule has 0 radical (unpaired) electrons. The predicted octanol–water partition coefficient (Wildman–Crippen LogP) is 3.67. The molecule has 7 heteroatoms.